The van der Waals surface area contributed by atoms with E-state index in [1.165, 1.54) is 0 Å². The summed E-state index contributed by atoms with van der Waals surface area (Å²) >= 11 is 0. The fraction of sp³-hybridized carbons (Fsp3) is 0.615. The highest BCUT2D eigenvalue weighted by Gasteiger charge is 2.27. The second kappa shape index (κ2) is 5.32. The SMILES string of the molecule is Cc1oc(CN2CCC(C)(O)CC2)cc1C(=O)NN. The van der Waals surface area contributed by atoms with Gasteiger partial charge in [-0.25, -0.2) is 5.84 Å². The van der Waals surface area contributed by atoms with Gasteiger partial charge in [0.25, 0.3) is 5.91 Å². The first-order chi connectivity index (χ1) is 8.91. The van der Waals surface area contributed by atoms with Crippen molar-refractivity contribution < 1.29 is 14.3 Å². The van der Waals surface area contributed by atoms with E-state index in [-0.39, 0.29) is 5.91 Å². The minimum absolute atomic E-state index is 0.339. The lowest BCUT2D eigenvalue weighted by Crippen LogP contribution is -2.41. The van der Waals surface area contributed by atoms with E-state index < -0.39 is 5.60 Å². The van der Waals surface area contributed by atoms with Crippen LogP contribution in [0.1, 0.15) is 41.6 Å². The van der Waals surface area contributed by atoms with Crippen molar-refractivity contribution in [1.29, 1.82) is 0 Å². The number of aliphatic hydroxyl groups is 1. The van der Waals surface area contributed by atoms with Gasteiger partial charge in [-0.15, -0.1) is 0 Å². The van der Waals surface area contributed by atoms with Crippen LogP contribution in [0, 0.1) is 6.92 Å². The molecule has 1 aliphatic rings. The van der Waals surface area contributed by atoms with Crippen LogP contribution in [0.4, 0.5) is 0 Å². The second-order valence-corrected chi connectivity index (χ2v) is 5.43. The summed E-state index contributed by atoms with van der Waals surface area (Å²) in [5.41, 5.74) is 2.02. The molecular formula is C13H21N3O3. The van der Waals surface area contributed by atoms with Crippen LogP contribution in [-0.4, -0.2) is 34.6 Å². The average molecular weight is 267 g/mol. The summed E-state index contributed by atoms with van der Waals surface area (Å²) in [5.74, 6) is 6.10. The Labute approximate surface area is 112 Å². The van der Waals surface area contributed by atoms with Crippen LogP contribution in [0.25, 0.3) is 0 Å². The van der Waals surface area contributed by atoms with Crippen molar-refractivity contribution in [1.82, 2.24) is 10.3 Å². The molecule has 0 atom stereocenters. The van der Waals surface area contributed by atoms with Crippen LogP contribution in [0.3, 0.4) is 0 Å². The molecule has 1 saturated heterocycles. The first kappa shape index (κ1) is 14.0. The molecule has 0 aromatic carbocycles. The van der Waals surface area contributed by atoms with E-state index in [9.17, 15) is 9.90 Å². The summed E-state index contributed by atoms with van der Waals surface area (Å²) in [7, 11) is 0. The number of hydrogen-bond donors (Lipinski definition) is 3. The quantitative estimate of drug-likeness (QED) is 0.422. The third kappa shape index (κ3) is 3.34. The highest BCUT2D eigenvalue weighted by Crippen LogP contribution is 2.23. The molecule has 2 heterocycles. The zero-order valence-electron chi connectivity index (χ0n) is 11.4. The zero-order chi connectivity index (χ0) is 14.0. The van der Waals surface area contributed by atoms with Gasteiger partial charge < -0.3 is 9.52 Å². The first-order valence-corrected chi connectivity index (χ1v) is 6.46. The van der Waals surface area contributed by atoms with Crippen molar-refractivity contribution in [2.24, 2.45) is 5.84 Å². The molecule has 0 spiro atoms. The van der Waals surface area contributed by atoms with E-state index >= 15 is 0 Å². The lowest BCUT2D eigenvalue weighted by Gasteiger charge is -2.35. The maximum absolute atomic E-state index is 11.5. The van der Waals surface area contributed by atoms with Gasteiger partial charge >= 0.3 is 0 Å². The molecule has 0 unspecified atom stereocenters. The number of nitrogens with two attached hydrogens (primary N) is 1. The molecular weight excluding hydrogens is 246 g/mol. The molecule has 4 N–H and O–H groups in total. The minimum Gasteiger partial charge on any atom is -0.464 e. The van der Waals surface area contributed by atoms with Gasteiger partial charge in [-0.1, -0.05) is 0 Å². The standard InChI is InChI=1S/C13H21N3O3/c1-9-11(12(17)15-14)7-10(19-9)8-16-5-3-13(2,18)4-6-16/h7,18H,3-6,8,14H2,1-2H3,(H,15,17). The molecule has 1 aromatic heterocycles. The number of carbonyl (C=O) groups excluding carboxylic acids is 1. The van der Waals surface area contributed by atoms with Gasteiger partial charge in [-0.05, 0) is 32.8 Å². The summed E-state index contributed by atoms with van der Waals surface area (Å²) in [6, 6.07) is 1.73. The van der Waals surface area contributed by atoms with Crippen LogP contribution in [0.15, 0.2) is 10.5 Å². The Balaban J connectivity index is 1.99. The van der Waals surface area contributed by atoms with E-state index in [4.69, 9.17) is 10.3 Å². The number of nitrogens with one attached hydrogen (secondary N) is 1. The van der Waals surface area contributed by atoms with E-state index in [1.54, 1.807) is 13.0 Å². The van der Waals surface area contributed by atoms with Crippen molar-refractivity contribution in [3.05, 3.63) is 23.2 Å². The van der Waals surface area contributed by atoms with Gasteiger partial charge in [-0.2, -0.15) is 0 Å². The smallest absolute Gasteiger partial charge is 0.268 e. The predicted molar refractivity (Wildman–Crippen MR) is 70.2 cm³/mol. The summed E-state index contributed by atoms with van der Waals surface area (Å²) in [6.45, 7) is 5.91. The molecule has 0 aliphatic carbocycles. The van der Waals surface area contributed by atoms with E-state index in [1.807, 2.05) is 6.92 Å². The summed E-state index contributed by atoms with van der Waals surface area (Å²) in [6.07, 6.45) is 1.51. The van der Waals surface area contributed by atoms with Gasteiger partial charge in [0.2, 0.25) is 0 Å². The number of likely N-dealkylation sites (tertiary alicyclic amines) is 1. The molecule has 1 amide bonds. The number of furan rings is 1. The van der Waals surface area contributed by atoms with E-state index in [0.717, 1.165) is 31.7 Å². The molecule has 2 rings (SSSR count). The minimum atomic E-state index is -0.555. The lowest BCUT2D eigenvalue weighted by atomic mass is 9.94. The average Bonchev–Trinajstić information content (AvgIpc) is 2.72. The summed E-state index contributed by atoms with van der Waals surface area (Å²) in [4.78, 5) is 13.7. The summed E-state index contributed by atoms with van der Waals surface area (Å²) in [5, 5.41) is 9.89. The number of piperidine rings is 1. The number of carbonyl (C=O) groups is 1. The second-order valence-electron chi connectivity index (χ2n) is 5.43. The third-order valence-corrected chi connectivity index (χ3v) is 3.66. The van der Waals surface area contributed by atoms with Crippen LogP contribution in [0.2, 0.25) is 0 Å². The Morgan fingerprint density at radius 1 is 1.58 bits per heavy atom. The molecule has 1 aliphatic heterocycles. The largest absolute Gasteiger partial charge is 0.464 e. The van der Waals surface area contributed by atoms with Gasteiger partial charge in [0, 0.05) is 13.1 Å². The molecule has 1 aromatic rings. The zero-order valence-corrected chi connectivity index (χ0v) is 11.4. The monoisotopic (exact) mass is 267 g/mol. The number of hydrogen-bond acceptors (Lipinski definition) is 5. The van der Waals surface area contributed by atoms with Crippen LogP contribution in [-0.2, 0) is 6.54 Å². The molecule has 1 fully saturated rings. The lowest BCUT2D eigenvalue weighted by molar-refractivity contribution is -0.00875. The Bertz CT molecular complexity index is 458. The number of aryl methyl sites for hydroxylation is 1. The number of nitrogen functional groups attached to an aromatic ring is 1. The van der Waals surface area contributed by atoms with Gasteiger partial charge in [0.05, 0.1) is 17.7 Å². The maximum Gasteiger partial charge on any atom is 0.268 e. The molecule has 0 saturated carbocycles. The first-order valence-electron chi connectivity index (χ1n) is 6.46. The Kier molecular flexibility index (Phi) is 3.93. The van der Waals surface area contributed by atoms with Gasteiger partial charge in [0.1, 0.15) is 11.5 Å². The molecule has 19 heavy (non-hydrogen) atoms. The number of rotatable bonds is 3. The molecule has 6 nitrogen and oxygen atoms in total. The number of hydrazine groups is 1. The Hall–Kier alpha value is -1.37. The van der Waals surface area contributed by atoms with Crippen molar-refractivity contribution in [3.63, 3.8) is 0 Å². The molecule has 0 radical (unpaired) electrons. The fourth-order valence-corrected chi connectivity index (χ4v) is 2.34. The number of amides is 1. The predicted octanol–water partition coefficient (Wildman–Crippen LogP) is 0.538. The molecule has 0 bridgehead atoms. The van der Waals surface area contributed by atoms with Gasteiger partial charge in [-0.3, -0.25) is 15.1 Å². The van der Waals surface area contributed by atoms with E-state index in [2.05, 4.69) is 10.3 Å². The molecule has 106 valence electrons. The van der Waals surface area contributed by atoms with Crippen LogP contribution >= 0.6 is 0 Å². The normalized spacial score (nSPS) is 19.4. The van der Waals surface area contributed by atoms with Crippen LogP contribution < -0.4 is 11.3 Å². The van der Waals surface area contributed by atoms with Gasteiger partial charge in [0.15, 0.2) is 0 Å². The van der Waals surface area contributed by atoms with Crippen molar-refractivity contribution >= 4 is 5.91 Å². The van der Waals surface area contributed by atoms with Crippen molar-refractivity contribution in [2.75, 3.05) is 13.1 Å². The summed E-state index contributed by atoms with van der Waals surface area (Å²) < 4.78 is 5.57. The third-order valence-electron chi connectivity index (χ3n) is 3.66. The van der Waals surface area contributed by atoms with Crippen molar-refractivity contribution in [2.45, 2.75) is 38.8 Å². The van der Waals surface area contributed by atoms with E-state index in [0.29, 0.717) is 17.9 Å². The Morgan fingerprint density at radius 3 is 2.79 bits per heavy atom. The highest BCUT2D eigenvalue weighted by atomic mass is 16.3. The highest BCUT2D eigenvalue weighted by molar-refractivity contribution is 5.94. The Morgan fingerprint density at radius 2 is 2.21 bits per heavy atom. The maximum atomic E-state index is 11.5. The van der Waals surface area contributed by atoms with Crippen LogP contribution in [0.5, 0.6) is 0 Å². The topological polar surface area (TPSA) is 91.7 Å². The molecule has 6 heteroatoms. The van der Waals surface area contributed by atoms with Crippen molar-refractivity contribution in [3.8, 4) is 0 Å². The fourth-order valence-electron chi connectivity index (χ4n) is 2.34. The number of nitrogens with zero attached hydrogens (tertiary/aromatic N) is 1.